The van der Waals surface area contributed by atoms with Crippen LogP contribution in [-0.4, -0.2) is 62.7 Å². The molecule has 0 unspecified atom stereocenters. The molecule has 3 aromatic rings. The van der Waals surface area contributed by atoms with Crippen molar-refractivity contribution in [2.45, 2.75) is 12.1 Å². The second kappa shape index (κ2) is 8.87. The molecule has 31 heavy (non-hydrogen) atoms. The van der Waals surface area contributed by atoms with Crippen LogP contribution >= 0.6 is 12.2 Å². The van der Waals surface area contributed by atoms with E-state index in [9.17, 15) is 9.90 Å². The lowest BCUT2D eigenvalue weighted by molar-refractivity contribution is 0.0697. The third-order valence-electron chi connectivity index (χ3n) is 5.46. The van der Waals surface area contributed by atoms with Crippen molar-refractivity contribution in [3.05, 3.63) is 83.9 Å². The van der Waals surface area contributed by atoms with Gasteiger partial charge in [0.05, 0.1) is 23.3 Å². The molecule has 0 saturated carbocycles. The molecule has 0 radical (unpaired) electrons. The number of likely N-dealkylation sites (N-methyl/N-ethyl adjacent to an activating group) is 1. The monoisotopic (exact) mass is 435 g/mol. The number of hydrogen-bond acceptors (Lipinski definition) is 4. The smallest absolute Gasteiger partial charge is 0.335 e. The predicted octanol–water partition coefficient (Wildman–Crippen LogP) is 3.10. The van der Waals surface area contributed by atoms with Crippen molar-refractivity contribution in [1.29, 1.82) is 0 Å². The van der Waals surface area contributed by atoms with Crippen molar-refractivity contribution in [1.82, 2.24) is 24.7 Å². The average molecular weight is 436 g/mol. The Labute approximate surface area is 186 Å². The van der Waals surface area contributed by atoms with Gasteiger partial charge in [-0.25, -0.2) is 4.79 Å². The van der Waals surface area contributed by atoms with E-state index in [0.29, 0.717) is 5.11 Å². The van der Waals surface area contributed by atoms with Crippen LogP contribution in [0.25, 0.3) is 5.69 Å². The maximum absolute atomic E-state index is 11.2. The van der Waals surface area contributed by atoms with Gasteiger partial charge in [0.2, 0.25) is 0 Å². The van der Waals surface area contributed by atoms with Crippen LogP contribution in [0, 0.1) is 0 Å². The van der Waals surface area contributed by atoms with Crippen molar-refractivity contribution in [3.63, 3.8) is 0 Å². The normalized spacial score (nSPS) is 18.4. The number of rotatable bonds is 7. The molecule has 8 heteroatoms. The van der Waals surface area contributed by atoms with Gasteiger partial charge in [-0.1, -0.05) is 6.07 Å². The van der Waals surface area contributed by atoms with E-state index in [1.807, 2.05) is 56.7 Å². The van der Waals surface area contributed by atoms with Gasteiger partial charge in [0.15, 0.2) is 5.11 Å². The number of carbonyl (C=O) groups is 1. The summed E-state index contributed by atoms with van der Waals surface area (Å²) < 4.78 is 2.09. The van der Waals surface area contributed by atoms with Gasteiger partial charge in [-0.2, -0.15) is 0 Å². The summed E-state index contributed by atoms with van der Waals surface area (Å²) in [7, 11) is 4.09. The minimum atomic E-state index is -0.935. The van der Waals surface area contributed by atoms with Gasteiger partial charge in [-0.05, 0) is 74.8 Å². The molecule has 0 spiro atoms. The highest BCUT2D eigenvalue weighted by atomic mass is 32.1. The van der Waals surface area contributed by atoms with E-state index >= 15 is 0 Å². The van der Waals surface area contributed by atoms with Crippen molar-refractivity contribution in [2.24, 2.45) is 0 Å². The van der Waals surface area contributed by atoms with Gasteiger partial charge in [-0.3, -0.25) is 4.98 Å². The third-order valence-corrected chi connectivity index (χ3v) is 5.81. The quantitative estimate of drug-likeness (QED) is 0.553. The molecule has 0 aliphatic carbocycles. The predicted molar refractivity (Wildman–Crippen MR) is 123 cm³/mol. The number of thiocarbonyl (C=S) groups is 1. The summed E-state index contributed by atoms with van der Waals surface area (Å²) in [5.74, 6) is -0.935. The topological polar surface area (TPSA) is 73.6 Å². The Bertz CT molecular complexity index is 1070. The van der Waals surface area contributed by atoms with Gasteiger partial charge in [0.1, 0.15) is 0 Å². The number of pyridine rings is 1. The average Bonchev–Trinajstić information content (AvgIpc) is 3.37. The Hall–Kier alpha value is -3.23. The lowest BCUT2D eigenvalue weighted by Crippen LogP contribution is -2.36. The minimum Gasteiger partial charge on any atom is -0.478 e. The number of hydrogen-bond donors (Lipinski definition) is 2. The molecule has 0 amide bonds. The first-order valence-corrected chi connectivity index (χ1v) is 10.5. The van der Waals surface area contributed by atoms with Crippen molar-refractivity contribution >= 4 is 23.3 Å². The number of carboxylic acid groups (broad SMARTS) is 1. The highest BCUT2D eigenvalue weighted by Gasteiger charge is 2.41. The second-order valence-electron chi connectivity index (χ2n) is 7.78. The third kappa shape index (κ3) is 4.30. The molecular formula is C23H25N5O2S. The van der Waals surface area contributed by atoms with Gasteiger partial charge >= 0.3 is 5.97 Å². The van der Waals surface area contributed by atoms with E-state index in [-0.39, 0.29) is 17.6 Å². The summed E-state index contributed by atoms with van der Waals surface area (Å²) in [5.41, 5.74) is 3.15. The lowest BCUT2D eigenvalue weighted by atomic mass is 10.0. The lowest BCUT2D eigenvalue weighted by Gasteiger charge is -2.29. The highest BCUT2D eigenvalue weighted by Crippen LogP contribution is 2.39. The van der Waals surface area contributed by atoms with Gasteiger partial charge in [-0.15, -0.1) is 0 Å². The second-order valence-corrected chi connectivity index (χ2v) is 8.17. The Morgan fingerprint density at radius 3 is 2.58 bits per heavy atom. The number of aromatic nitrogens is 2. The fraction of sp³-hybridized carbons (Fsp3) is 0.261. The number of aromatic carboxylic acids is 1. The van der Waals surface area contributed by atoms with Crippen molar-refractivity contribution in [2.75, 3.05) is 27.2 Å². The SMILES string of the molecule is CN(C)CCN1C(=S)N[C@@H](c2ccccn2)[C@H]1c1cccn1-c1ccc(C(=O)O)cc1. The summed E-state index contributed by atoms with van der Waals surface area (Å²) in [6.45, 7) is 1.64. The number of nitrogens with zero attached hydrogens (tertiary/aromatic N) is 4. The van der Waals surface area contributed by atoms with Crippen molar-refractivity contribution in [3.8, 4) is 5.69 Å². The molecule has 1 fully saturated rings. The molecule has 0 bridgehead atoms. The largest absolute Gasteiger partial charge is 0.478 e. The number of carboxylic acids is 1. The van der Waals surface area contributed by atoms with Gasteiger partial charge in [0, 0.05) is 36.9 Å². The molecule has 7 nitrogen and oxygen atoms in total. The van der Waals surface area contributed by atoms with Gasteiger partial charge < -0.3 is 24.8 Å². The molecule has 1 aliphatic rings. The molecule has 1 aliphatic heterocycles. The van der Waals surface area contributed by atoms with Crippen LogP contribution in [0.15, 0.2) is 67.0 Å². The maximum atomic E-state index is 11.2. The van der Waals surface area contributed by atoms with Crippen LogP contribution in [-0.2, 0) is 0 Å². The summed E-state index contributed by atoms with van der Waals surface area (Å²) in [5, 5.41) is 13.4. The van der Waals surface area contributed by atoms with Crippen LogP contribution in [0.1, 0.15) is 33.8 Å². The fourth-order valence-corrected chi connectivity index (χ4v) is 4.24. The Kier molecular flexibility index (Phi) is 6.01. The van der Waals surface area contributed by atoms with Crippen LogP contribution in [0.3, 0.4) is 0 Å². The van der Waals surface area contributed by atoms with Gasteiger partial charge in [0.25, 0.3) is 0 Å². The first-order valence-electron chi connectivity index (χ1n) is 10.1. The van der Waals surface area contributed by atoms with Crippen LogP contribution in [0.2, 0.25) is 0 Å². The molecule has 2 atom stereocenters. The minimum absolute atomic E-state index is 0.0588. The fourth-order valence-electron chi connectivity index (χ4n) is 3.91. The van der Waals surface area contributed by atoms with E-state index in [1.165, 1.54) is 0 Å². The number of nitrogens with one attached hydrogen (secondary N) is 1. The zero-order valence-corrected chi connectivity index (χ0v) is 18.3. The summed E-state index contributed by atoms with van der Waals surface area (Å²) in [4.78, 5) is 20.2. The molecule has 1 saturated heterocycles. The standard InChI is InChI=1S/C23H25N5O2S/c1-26(2)14-15-28-21(20(25-23(28)31)18-6-3-4-12-24-18)19-7-5-13-27(19)17-10-8-16(9-11-17)22(29)30/h3-13,20-21H,14-15H2,1-2H3,(H,25,31)(H,29,30)/t20-,21+/m0/s1. The molecule has 160 valence electrons. The van der Waals surface area contributed by atoms with E-state index in [0.717, 1.165) is 30.2 Å². The Morgan fingerprint density at radius 2 is 1.94 bits per heavy atom. The van der Waals surface area contributed by atoms with Crippen LogP contribution in [0.5, 0.6) is 0 Å². The van der Waals surface area contributed by atoms with E-state index in [2.05, 4.69) is 30.7 Å². The first-order chi connectivity index (χ1) is 15.0. The Morgan fingerprint density at radius 1 is 1.16 bits per heavy atom. The molecule has 3 heterocycles. The Balaban J connectivity index is 1.75. The molecule has 4 rings (SSSR count). The number of benzene rings is 1. The molecular weight excluding hydrogens is 410 g/mol. The van der Waals surface area contributed by atoms with Crippen LogP contribution in [0.4, 0.5) is 0 Å². The van der Waals surface area contributed by atoms with E-state index in [4.69, 9.17) is 12.2 Å². The van der Waals surface area contributed by atoms with Crippen LogP contribution < -0.4 is 5.32 Å². The highest BCUT2D eigenvalue weighted by molar-refractivity contribution is 7.80. The first kappa shape index (κ1) is 21.0. The van der Waals surface area contributed by atoms with E-state index < -0.39 is 5.97 Å². The zero-order chi connectivity index (χ0) is 22.0. The molecule has 2 aromatic heterocycles. The summed E-state index contributed by atoms with van der Waals surface area (Å²) in [6, 6.07) is 16.7. The van der Waals surface area contributed by atoms with E-state index in [1.54, 1.807) is 18.3 Å². The maximum Gasteiger partial charge on any atom is 0.335 e. The van der Waals surface area contributed by atoms with Crippen molar-refractivity contribution < 1.29 is 9.90 Å². The zero-order valence-electron chi connectivity index (χ0n) is 17.5. The summed E-state index contributed by atoms with van der Waals surface area (Å²) >= 11 is 5.72. The molecule has 2 N–H and O–H groups in total. The molecule has 1 aromatic carbocycles. The summed E-state index contributed by atoms with van der Waals surface area (Å²) in [6.07, 6.45) is 3.79.